The van der Waals surface area contributed by atoms with E-state index in [0.29, 0.717) is 35.1 Å². The summed E-state index contributed by atoms with van der Waals surface area (Å²) in [7, 11) is 0. The van der Waals surface area contributed by atoms with Crippen molar-refractivity contribution < 1.29 is 14.7 Å². The van der Waals surface area contributed by atoms with Gasteiger partial charge in [0.1, 0.15) is 11.2 Å². The Morgan fingerprint density at radius 3 is 2.73 bits per heavy atom. The number of benzene rings is 1. The van der Waals surface area contributed by atoms with Gasteiger partial charge in [0.25, 0.3) is 11.5 Å². The van der Waals surface area contributed by atoms with E-state index < -0.39 is 5.97 Å². The molecule has 2 heterocycles. The van der Waals surface area contributed by atoms with Crippen molar-refractivity contribution in [1.29, 1.82) is 0 Å². The van der Waals surface area contributed by atoms with Gasteiger partial charge in [0.2, 0.25) is 0 Å². The summed E-state index contributed by atoms with van der Waals surface area (Å²) in [6.45, 7) is 0.487. The van der Waals surface area contributed by atoms with E-state index in [1.807, 2.05) is 6.07 Å². The number of fused-ring (bicyclic) bond motifs is 3. The van der Waals surface area contributed by atoms with E-state index in [2.05, 4.69) is 15.4 Å². The molecule has 0 atom stereocenters. The van der Waals surface area contributed by atoms with Crippen molar-refractivity contribution in [2.24, 2.45) is 0 Å². The summed E-state index contributed by atoms with van der Waals surface area (Å²) in [6.07, 6.45) is 4.70. The number of unbranched alkanes of at least 4 members (excludes halogenated alkanes) is 3. The molecule has 0 saturated heterocycles. The zero-order valence-corrected chi connectivity index (χ0v) is 14.2. The second-order valence-electron chi connectivity index (χ2n) is 6.10. The molecule has 26 heavy (non-hydrogen) atoms. The number of hydrogen-bond acceptors (Lipinski definition) is 4. The Morgan fingerprint density at radius 2 is 1.92 bits per heavy atom. The number of nitrogens with one attached hydrogen (secondary N) is 2. The molecule has 1 aromatic carbocycles. The van der Waals surface area contributed by atoms with Crippen molar-refractivity contribution >= 4 is 28.4 Å². The monoisotopic (exact) mass is 356 g/mol. The Kier molecular flexibility index (Phi) is 5.31. The molecule has 0 aliphatic rings. The number of nitrogens with zero attached hydrogens (tertiary/aromatic N) is 2. The fraction of sp³-hybridized carbons (Fsp3) is 0.333. The van der Waals surface area contributed by atoms with Crippen molar-refractivity contribution in [3.8, 4) is 0 Å². The van der Waals surface area contributed by atoms with Gasteiger partial charge in [-0.3, -0.25) is 14.4 Å². The molecule has 8 nitrogen and oxygen atoms in total. The standard InChI is InChI=1S/C18H20N4O4/c23-15(24)9-3-1-2-6-10-19-17(25)13-11-20-22-14-8-5-4-7-12(14)18(26)21-16(13)22/h4-5,7-8,11H,1-3,6,9-10H2,(H,19,25)(H,21,26)(H,23,24). The Hall–Kier alpha value is -3.16. The summed E-state index contributed by atoms with van der Waals surface area (Å²) in [4.78, 5) is 37.7. The second-order valence-corrected chi connectivity index (χ2v) is 6.10. The third-order valence-electron chi connectivity index (χ3n) is 4.23. The van der Waals surface area contributed by atoms with Crippen molar-refractivity contribution in [3.05, 3.63) is 46.4 Å². The molecular formula is C18H20N4O4. The molecule has 136 valence electrons. The van der Waals surface area contributed by atoms with Gasteiger partial charge >= 0.3 is 5.97 Å². The van der Waals surface area contributed by atoms with Crippen molar-refractivity contribution in [2.45, 2.75) is 32.1 Å². The molecule has 0 aliphatic heterocycles. The summed E-state index contributed by atoms with van der Waals surface area (Å²) < 4.78 is 1.55. The second kappa shape index (κ2) is 7.81. The van der Waals surface area contributed by atoms with E-state index in [0.717, 1.165) is 19.3 Å². The number of aliphatic carboxylic acids is 1. The number of aromatic nitrogens is 3. The smallest absolute Gasteiger partial charge is 0.303 e. The summed E-state index contributed by atoms with van der Waals surface area (Å²) in [5.74, 6) is -1.08. The Labute approximate surface area is 148 Å². The molecule has 1 amide bonds. The lowest BCUT2D eigenvalue weighted by Gasteiger charge is -2.05. The highest BCUT2D eigenvalue weighted by Gasteiger charge is 2.15. The van der Waals surface area contributed by atoms with Gasteiger partial charge in [0.05, 0.1) is 17.1 Å². The molecule has 0 radical (unpaired) electrons. The number of carboxylic acid groups (broad SMARTS) is 1. The minimum atomic E-state index is -0.784. The van der Waals surface area contributed by atoms with E-state index in [1.54, 1.807) is 22.7 Å². The molecule has 0 aliphatic carbocycles. The van der Waals surface area contributed by atoms with Crippen molar-refractivity contribution in [3.63, 3.8) is 0 Å². The predicted octanol–water partition coefficient (Wildman–Crippen LogP) is 1.94. The van der Waals surface area contributed by atoms with Gasteiger partial charge in [-0.15, -0.1) is 0 Å². The van der Waals surface area contributed by atoms with Crippen LogP contribution in [-0.4, -0.2) is 38.1 Å². The Balaban J connectivity index is 1.64. The van der Waals surface area contributed by atoms with Gasteiger partial charge < -0.3 is 15.4 Å². The number of para-hydroxylation sites is 1. The molecule has 3 rings (SSSR count). The number of rotatable bonds is 8. The molecule has 8 heteroatoms. The minimum Gasteiger partial charge on any atom is -0.481 e. The maximum absolute atomic E-state index is 12.4. The van der Waals surface area contributed by atoms with Crippen LogP contribution in [0.1, 0.15) is 42.5 Å². The van der Waals surface area contributed by atoms with Gasteiger partial charge in [-0.25, -0.2) is 4.52 Å². The van der Waals surface area contributed by atoms with Crippen LogP contribution in [0, 0.1) is 0 Å². The molecule has 0 unspecified atom stereocenters. The summed E-state index contributed by atoms with van der Waals surface area (Å²) in [5, 5.41) is 16.1. The quantitative estimate of drug-likeness (QED) is 0.533. The fourth-order valence-electron chi connectivity index (χ4n) is 2.89. The Morgan fingerprint density at radius 1 is 1.15 bits per heavy atom. The minimum absolute atomic E-state index is 0.177. The van der Waals surface area contributed by atoms with Crippen LogP contribution in [0.3, 0.4) is 0 Å². The molecule has 0 fully saturated rings. The third-order valence-corrected chi connectivity index (χ3v) is 4.23. The largest absolute Gasteiger partial charge is 0.481 e. The van der Waals surface area contributed by atoms with Crippen molar-refractivity contribution in [2.75, 3.05) is 6.54 Å². The first kappa shape index (κ1) is 17.7. The number of amides is 1. The number of carboxylic acids is 1. The first-order chi connectivity index (χ1) is 12.6. The highest BCUT2D eigenvalue weighted by atomic mass is 16.4. The first-order valence-corrected chi connectivity index (χ1v) is 8.56. The van der Waals surface area contributed by atoms with Crippen LogP contribution in [0.2, 0.25) is 0 Å². The topological polar surface area (TPSA) is 117 Å². The van der Waals surface area contributed by atoms with E-state index in [-0.39, 0.29) is 17.9 Å². The van der Waals surface area contributed by atoms with Crippen LogP contribution in [0.5, 0.6) is 0 Å². The third kappa shape index (κ3) is 3.74. The molecular weight excluding hydrogens is 336 g/mol. The van der Waals surface area contributed by atoms with Crippen LogP contribution in [0.4, 0.5) is 0 Å². The SMILES string of the molecule is O=C(O)CCCCCCNC(=O)c1cnn2c1[nH]c(=O)c1ccccc12. The van der Waals surface area contributed by atoms with E-state index >= 15 is 0 Å². The number of H-pyrrole nitrogens is 1. The Bertz CT molecular complexity index is 1010. The fourth-order valence-corrected chi connectivity index (χ4v) is 2.89. The zero-order chi connectivity index (χ0) is 18.5. The van der Waals surface area contributed by atoms with Crippen LogP contribution in [0.25, 0.3) is 16.6 Å². The van der Waals surface area contributed by atoms with Crippen LogP contribution in [0.15, 0.2) is 35.3 Å². The lowest BCUT2D eigenvalue weighted by atomic mass is 10.1. The summed E-state index contributed by atoms with van der Waals surface area (Å²) in [5.41, 5.74) is 1.07. The van der Waals surface area contributed by atoms with Gasteiger partial charge in [-0.1, -0.05) is 25.0 Å². The number of carbonyl (C=O) groups excluding carboxylic acids is 1. The molecule has 2 aromatic heterocycles. The maximum Gasteiger partial charge on any atom is 0.303 e. The number of hydrogen-bond donors (Lipinski definition) is 3. The van der Waals surface area contributed by atoms with Gasteiger partial charge in [0, 0.05) is 13.0 Å². The van der Waals surface area contributed by atoms with Crippen LogP contribution < -0.4 is 10.9 Å². The summed E-state index contributed by atoms with van der Waals surface area (Å²) >= 11 is 0. The van der Waals surface area contributed by atoms with E-state index in [1.165, 1.54) is 6.20 Å². The molecule has 0 spiro atoms. The van der Waals surface area contributed by atoms with Gasteiger partial charge in [0.15, 0.2) is 0 Å². The lowest BCUT2D eigenvalue weighted by Crippen LogP contribution is -2.25. The van der Waals surface area contributed by atoms with Crippen molar-refractivity contribution in [1.82, 2.24) is 19.9 Å². The highest BCUT2D eigenvalue weighted by Crippen LogP contribution is 2.14. The van der Waals surface area contributed by atoms with Crippen LogP contribution >= 0.6 is 0 Å². The van der Waals surface area contributed by atoms with Crippen LogP contribution in [-0.2, 0) is 4.79 Å². The van der Waals surface area contributed by atoms with Gasteiger partial charge in [-0.2, -0.15) is 5.10 Å². The predicted molar refractivity (Wildman–Crippen MR) is 96.4 cm³/mol. The van der Waals surface area contributed by atoms with E-state index in [4.69, 9.17) is 5.11 Å². The molecule has 3 N–H and O–H groups in total. The van der Waals surface area contributed by atoms with E-state index in [9.17, 15) is 14.4 Å². The first-order valence-electron chi connectivity index (χ1n) is 8.56. The van der Waals surface area contributed by atoms with Gasteiger partial charge in [-0.05, 0) is 25.0 Å². The average molecular weight is 356 g/mol. The number of carbonyl (C=O) groups is 2. The molecule has 0 bridgehead atoms. The zero-order valence-electron chi connectivity index (χ0n) is 14.2. The lowest BCUT2D eigenvalue weighted by molar-refractivity contribution is -0.137. The normalized spacial score (nSPS) is 11.1. The molecule has 3 aromatic rings. The highest BCUT2D eigenvalue weighted by molar-refractivity contribution is 6.00. The molecule has 0 saturated carbocycles. The average Bonchev–Trinajstić information content (AvgIpc) is 3.04. The summed E-state index contributed by atoms with van der Waals surface area (Å²) in [6, 6.07) is 7.08. The number of aromatic amines is 1. The maximum atomic E-state index is 12.4.